The van der Waals surface area contributed by atoms with Crippen LogP contribution in [0.2, 0.25) is 0 Å². The Kier molecular flexibility index (Phi) is 5.82. The second-order valence-electron chi connectivity index (χ2n) is 4.93. The largest absolute Gasteiger partial charge is 0.383 e. The van der Waals surface area contributed by atoms with Crippen molar-refractivity contribution in [1.29, 1.82) is 0 Å². The molecule has 0 spiro atoms. The molecule has 0 saturated heterocycles. The lowest BCUT2D eigenvalue weighted by molar-refractivity contribution is 0.261. The van der Waals surface area contributed by atoms with Gasteiger partial charge in [-0.2, -0.15) is 0 Å². The minimum Gasteiger partial charge on any atom is -0.383 e. The summed E-state index contributed by atoms with van der Waals surface area (Å²) in [6.07, 6.45) is 2.34. The van der Waals surface area contributed by atoms with Gasteiger partial charge in [0.05, 0.1) is 10.6 Å². The molecule has 0 amide bonds. The summed E-state index contributed by atoms with van der Waals surface area (Å²) in [5, 5.41) is 3.21. The van der Waals surface area contributed by atoms with E-state index >= 15 is 0 Å². The molecule has 1 atom stereocenters. The fourth-order valence-electron chi connectivity index (χ4n) is 1.84. The Morgan fingerprint density at radius 1 is 1.32 bits per heavy atom. The van der Waals surface area contributed by atoms with E-state index in [9.17, 15) is 8.42 Å². The van der Waals surface area contributed by atoms with Gasteiger partial charge in [-0.25, -0.2) is 8.42 Å². The second kappa shape index (κ2) is 6.91. The first kappa shape index (κ1) is 16.0. The van der Waals surface area contributed by atoms with Crippen molar-refractivity contribution >= 4 is 15.5 Å². The van der Waals surface area contributed by atoms with E-state index < -0.39 is 9.84 Å². The summed E-state index contributed by atoms with van der Waals surface area (Å²) >= 11 is 0. The molecule has 0 radical (unpaired) electrons. The normalized spacial score (nSPS) is 13.5. The second-order valence-corrected chi connectivity index (χ2v) is 6.92. The molecule has 19 heavy (non-hydrogen) atoms. The minimum absolute atomic E-state index is 0.362. The molecule has 1 unspecified atom stereocenters. The van der Waals surface area contributed by atoms with Crippen molar-refractivity contribution < 1.29 is 8.42 Å². The van der Waals surface area contributed by atoms with E-state index in [0.717, 1.165) is 19.5 Å². The highest BCUT2D eigenvalue weighted by molar-refractivity contribution is 7.90. The van der Waals surface area contributed by atoms with E-state index in [0.29, 0.717) is 16.6 Å². The number of benzene rings is 1. The third-order valence-corrected chi connectivity index (χ3v) is 4.56. The highest BCUT2D eigenvalue weighted by atomic mass is 32.2. The van der Waals surface area contributed by atoms with Gasteiger partial charge in [-0.1, -0.05) is 19.1 Å². The van der Waals surface area contributed by atoms with Gasteiger partial charge in [-0.05, 0) is 32.5 Å². The van der Waals surface area contributed by atoms with E-state index in [4.69, 9.17) is 0 Å². The number of hydrogen-bond donors (Lipinski definition) is 1. The lowest BCUT2D eigenvalue weighted by Gasteiger charge is -2.23. The van der Waals surface area contributed by atoms with Gasteiger partial charge in [0, 0.05) is 25.4 Å². The zero-order valence-corrected chi connectivity index (χ0v) is 13.0. The first-order chi connectivity index (χ1) is 8.86. The first-order valence-corrected chi connectivity index (χ1v) is 8.48. The summed E-state index contributed by atoms with van der Waals surface area (Å²) < 4.78 is 23.3. The summed E-state index contributed by atoms with van der Waals surface area (Å²) in [6, 6.07) is 7.56. The van der Waals surface area contributed by atoms with Gasteiger partial charge < -0.3 is 10.2 Å². The van der Waals surface area contributed by atoms with Gasteiger partial charge in [0.25, 0.3) is 0 Å². The van der Waals surface area contributed by atoms with Crippen LogP contribution in [-0.4, -0.2) is 45.8 Å². The van der Waals surface area contributed by atoms with E-state index in [-0.39, 0.29) is 0 Å². The smallest absolute Gasteiger partial charge is 0.177 e. The van der Waals surface area contributed by atoms with E-state index in [1.54, 1.807) is 18.2 Å². The van der Waals surface area contributed by atoms with Crippen LogP contribution in [0, 0.1) is 0 Å². The van der Waals surface area contributed by atoms with Crippen LogP contribution in [0.5, 0.6) is 0 Å². The predicted molar refractivity (Wildman–Crippen MR) is 80.4 cm³/mol. The van der Waals surface area contributed by atoms with Crippen LogP contribution in [0.1, 0.15) is 20.3 Å². The molecule has 0 aliphatic carbocycles. The van der Waals surface area contributed by atoms with Crippen LogP contribution in [0.15, 0.2) is 29.2 Å². The molecular formula is C14H24N2O2S. The topological polar surface area (TPSA) is 49.4 Å². The number of nitrogens with zero attached hydrogens (tertiary/aromatic N) is 1. The Labute approximate surface area is 116 Å². The van der Waals surface area contributed by atoms with Gasteiger partial charge in [0.1, 0.15) is 0 Å². The molecule has 1 N–H and O–H groups in total. The highest BCUT2D eigenvalue weighted by Gasteiger charge is 2.12. The number of anilines is 1. The Bertz CT molecular complexity index is 500. The summed E-state index contributed by atoms with van der Waals surface area (Å²) in [4.78, 5) is 2.62. The number of rotatable bonds is 7. The molecule has 0 heterocycles. The molecule has 0 bridgehead atoms. The maximum atomic E-state index is 11.7. The summed E-state index contributed by atoms with van der Waals surface area (Å²) in [5.41, 5.74) is 0.683. The molecule has 108 valence electrons. The van der Waals surface area contributed by atoms with Crippen LogP contribution in [-0.2, 0) is 9.84 Å². The molecule has 4 nitrogen and oxygen atoms in total. The summed E-state index contributed by atoms with van der Waals surface area (Å²) in [7, 11) is -1.10. The molecular weight excluding hydrogens is 260 g/mol. The molecule has 1 aromatic rings. The lowest BCUT2D eigenvalue weighted by Crippen LogP contribution is -2.32. The number of para-hydroxylation sites is 1. The van der Waals surface area contributed by atoms with Crippen molar-refractivity contribution in [3.05, 3.63) is 24.3 Å². The maximum absolute atomic E-state index is 11.7. The predicted octanol–water partition coefficient (Wildman–Crippen LogP) is 2.23. The van der Waals surface area contributed by atoms with Crippen molar-refractivity contribution in [1.82, 2.24) is 4.90 Å². The average Bonchev–Trinajstić information content (AvgIpc) is 2.37. The van der Waals surface area contributed by atoms with Crippen molar-refractivity contribution in [2.24, 2.45) is 0 Å². The van der Waals surface area contributed by atoms with Gasteiger partial charge in [0.2, 0.25) is 0 Å². The van der Waals surface area contributed by atoms with Crippen molar-refractivity contribution in [2.75, 3.05) is 31.7 Å². The molecule has 1 rings (SSSR count). The standard InChI is InChI=1S/C14H24N2O2S/c1-5-12(2)16(3)11-10-15-13-8-6-7-9-14(13)19(4,17)18/h6-9,12,15H,5,10-11H2,1-4H3. The van der Waals surface area contributed by atoms with Crippen LogP contribution in [0.25, 0.3) is 0 Å². The quantitative estimate of drug-likeness (QED) is 0.834. The first-order valence-electron chi connectivity index (χ1n) is 6.59. The van der Waals surface area contributed by atoms with Crippen molar-refractivity contribution in [3.8, 4) is 0 Å². The molecule has 0 aliphatic heterocycles. The SMILES string of the molecule is CCC(C)N(C)CCNc1ccccc1S(C)(=O)=O. The monoisotopic (exact) mass is 284 g/mol. The summed E-state index contributed by atoms with van der Waals surface area (Å²) in [5.74, 6) is 0. The van der Waals surface area contributed by atoms with Crippen molar-refractivity contribution in [2.45, 2.75) is 31.2 Å². The third kappa shape index (κ3) is 4.84. The Hall–Kier alpha value is -1.07. The maximum Gasteiger partial charge on any atom is 0.177 e. The van der Waals surface area contributed by atoms with E-state index in [1.165, 1.54) is 6.26 Å². The van der Waals surface area contributed by atoms with Gasteiger partial charge in [-0.3, -0.25) is 0 Å². The number of hydrogen-bond acceptors (Lipinski definition) is 4. The fourth-order valence-corrected chi connectivity index (χ4v) is 2.70. The Morgan fingerprint density at radius 2 is 1.95 bits per heavy atom. The van der Waals surface area contributed by atoms with Crippen LogP contribution in [0.4, 0.5) is 5.69 Å². The number of nitrogens with one attached hydrogen (secondary N) is 1. The minimum atomic E-state index is -3.18. The zero-order chi connectivity index (χ0) is 14.5. The molecule has 5 heteroatoms. The van der Waals surface area contributed by atoms with E-state index in [1.807, 2.05) is 6.07 Å². The van der Waals surface area contributed by atoms with Crippen LogP contribution >= 0.6 is 0 Å². The van der Waals surface area contributed by atoms with Gasteiger partial charge in [0.15, 0.2) is 9.84 Å². The van der Waals surface area contributed by atoms with Crippen LogP contribution < -0.4 is 5.32 Å². The molecule has 0 fully saturated rings. The Balaban J connectivity index is 2.64. The number of sulfone groups is 1. The van der Waals surface area contributed by atoms with Crippen molar-refractivity contribution in [3.63, 3.8) is 0 Å². The molecule has 0 aliphatic rings. The molecule has 1 aromatic carbocycles. The highest BCUT2D eigenvalue weighted by Crippen LogP contribution is 2.20. The van der Waals surface area contributed by atoms with Gasteiger partial charge >= 0.3 is 0 Å². The average molecular weight is 284 g/mol. The fraction of sp³-hybridized carbons (Fsp3) is 0.571. The molecule has 0 aromatic heterocycles. The molecule has 0 saturated carbocycles. The zero-order valence-electron chi connectivity index (χ0n) is 12.2. The third-order valence-electron chi connectivity index (χ3n) is 3.41. The summed E-state index contributed by atoms with van der Waals surface area (Å²) in [6.45, 7) is 5.96. The number of likely N-dealkylation sites (N-methyl/N-ethyl adjacent to an activating group) is 1. The van der Waals surface area contributed by atoms with E-state index in [2.05, 4.69) is 31.1 Å². The van der Waals surface area contributed by atoms with Gasteiger partial charge in [-0.15, -0.1) is 0 Å². The Morgan fingerprint density at radius 3 is 2.53 bits per heavy atom. The lowest BCUT2D eigenvalue weighted by atomic mass is 10.2. The van der Waals surface area contributed by atoms with Crippen LogP contribution in [0.3, 0.4) is 0 Å².